The van der Waals surface area contributed by atoms with Gasteiger partial charge in [0.05, 0.1) is 6.54 Å². The second kappa shape index (κ2) is 10.1. The van der Waals surface area contributed by atoms with E-state index in [1.807, 2.05) is 31.3 Å². The first-order valence-corrected chi connectivity index (χ1v) is 9.95. The molecule has 0 radical (unpaired) electrons. The van der Waals surface area contributed by atoms with Crippen molar-refractivity contribution in [2.24, 2.45) is 4.99 Å². The van der Waals surface area contributed by atoms with Crippen LogP contribution in [0.5, 0.6) is 0 Å². The lowest BCUT2D eigenvalue weighted by atomic mass is 10.0. The van der Waals surface area contributed by atoms with E-state index in [-0.39, 0.29) is 5.91 Å². The average molecular weight is 392 g/mol. The molecule has 1 fully saturated rings. The number of pyridine rings is 1. The summed E-state index contributed by atoms with van der Waals surface area (Å²) >= 11 is 0. The second-order valence-corrected chi connectivity index (χ2v) is 7.48. The molecule has 0 aliphatic carbocycles. The van der Waals surface area contributed by atoms with Gasteiger partial charge >= 0.3 is 0 Å². The van der Waals surface area contributed by atoms with E-state index in [0.29, 0.717) is 12.4 Å². The number of nitrogens with zero attached hydrogens (tertiary/aromatic N) is 4. The van der Waals surface area contributed by atoms with Gasteiger partial charge in [0.2, 0.25) is 5.91 Å². The molecule has 0 saturated carbocycles. The summed E-state index contributed by atoms with van der Waals surface area (Å²) in [5.41, 5.74) is 4.21. The quantitative estimate of drug-likeness (QED) is 0.770. The van der Waals surface area contributed by atoms with Crippen molar-refractivity contribution in [3.05, 3.63) is 59.7 Å². The number of rotatable bonds is 6. The van der Waals surface area contributed by atoms with Gasteiger partial charge in [-0.05, 0) is 75.1 Å². The third-order valence-corrected chi connectivity index (χ3v) is 5.18. The number of aliphatic imine (C=N–C) groups is 1. The Balaban J connectivity index is 1.70. The van der Waals surface area contributed by atoms with E-state index in [9.17, 15) is 4.79 Å². The van der Waals surface area contributed by atoms with E-state index in [1.165, 1.54) is 0 Å². The number of carbonyl (C=O) groups is 1. The molecule has 1 aliphatic rings. The van der Waals surface area contributed by atoms with Crippen LogP contribution in [-0.4, -0.2) is 67.2 Å². The van der Waals surface area contributed by atoms with E-state index in [1.54, 1.807) is 6.20 Å². The summed E-state index contributed by atoms with van der Waals surface area (Å²) in [6.45, 7) is 9.93. The number of likely N-dealkylation sites (N-methyl/N-ethyl adjacent to an activating group) is 1. The van der Waals surface area contributed by atoms with Crippen molar-refractivity contribution in [3.63, 3.8) is 0 Å². The molecule has 6 nitrogen and oxygen atoms in total. The number of benzene rings is 1. The van der Waals surface area contributed by atoms with Crippen LogP contribution < -0.4 is 5.32 Å². The number of hydrogen-bond acceptors (Lipinski definition) is 5. The maximum absolute atomic E-state index is 12.5. The van der Waals surface area contributed by atoms with E-state index in [2.05, 4.69) is 57.1 Å². The molecule has 0 atom stereocenters. The molecule has 1 aliphatic heterocycles. The summed E-state index contributed by atoms with van der Waals surface area (Å²) in [7, 11) is 2.12. The van der Waals surface area contributed by atoms with Crippen LogP contribution in [-0.2, 0) is 4.79 Å². The first-order chi connectivity index (χ1) is 14.0. The maximum Gasteiger partial charge on any atom is 0.239 e. The lowest BCUT2D eigenvalue weighted by Gasteiger charge is -2.19. The van der Waals surface area contributed by atoms with Gasteiger partial charge < -0.3 is 10.2 Å². The number of aromatic nitrogens is 1. The van der Waals surface area contributed by atoms with Crippen LogP contribution in [0.2, 0.25) is 0 Å². The van der Waals surface area contributed by atoms with E-state index in [0.717, 1.165) is 54.9 Å². The Morgan fingerprint density at radius 1 is 1.24 bits per heavy atom. The first-order valence-electron chi connectivity index (χ1n) is 9.95. The molecule has 1 amide bonds. The molecule has 1 saturated heterocycles. The zero-order chi connectivity index (χ0) is 20.6. The third kappa shape index (κ3) is 6.07. The Morgan fingerprint density at radius 3 is 2.86 bits per heavy atom. The van der Waals surface area contributed by atoms with Gasteiger partial charge in [-0.2, -0.15) is 0 Å². The Hall–Kier alpha value is -2.83. The molecular weight excluding hydrogens is 362 g/mol. The molecule has 6 heteroatoms. The Labute approximate surface area is 173 Å². The van der Waals surface area contributed by atoms with Gasteiger partial charge in [0, 0.05) is 31.0 Å². The normalized spacial score (nSPS) is 16.3. The van der Waals surface area contributed by atoms with Gasteiger partial charge in [-0.3, -0.25) is 14.7 Å². The molecule has 0 unspecified atom stereocenters. The molecule has 29 heavy (non-hydrogen) atoms. The zero-order valence-corrected chi connectivity index (χ0v) is 17.3. The molecule has 1 aromatic carbocycles. The highest BCUT2D eigenvalue weighted by molar-refractivity contribution is 5.81. The lowest BCUT2D eigenvalue weighted by molar-refractivity contribution is -0.121. The molecule has 2 aromatic rings. The Bertz CT molecular complexity index is 878. The Morgan fingerprint density at radius 2 is 2.10 bits per heavy atom. The highest BCUT2D eigenvalue weighted by Crippen LogP contribution is 2.23. The molecule has 1 aromatic heterocycles. The highest BCUT2D eigenvalue weighted by atomic mass is 16.2. The molecule has 152 valence electrons. The number of carbonyl (C=O) groups excluding carboxylic acids is 1. The summed E-state index contributed by atoms with van der Waals surface area (Å²) in [5, 5.41) is 2.91. The summed E-state index contributed by atoms with van der Waals surface area (Å²) in [5.74, 6) is 0.405. The minimum atomic E-state index is -0.0609. The molecule has 2 heterocycles. The zero-order valence-electron chi connectivity index (χ0n) is 17.3. The van der Waals surface area contributed by atoms with Crippen LogP contribution in [0.15, 0.2) is 53.5 Å². The monoisotopic (exact) mass is 391 g/mol. The lowest BCUT2D eigenvalue weighted by Crippen LogP contribution is -2.38. The number of aryl methyl sites for hydroxylation is 1. The highest BCUT2D eigenvalue weighted by Gasteiger charge is 2.15. The summed E-state index contributed by atoms with van der Waals surface area (Å²) < 4.78 is 0. The van der Waals surface area contributed by atoms with Crippen LogP contribution >= 0.6 is 0 Å². The van der Waals surface area contributed by atoms with Crippen LogP contribution in [0.3, 0.4) is 0 Å². The minimum absolute atomic E-state index is 0.0609. The number of hydrogen-bond donors (Lipinski definition) is 1. The second-order valence-electron chi connectivity index (χ2n) is 7.48. The number of amides is 1. The largest absolute Gasteiger partial charge is 0.310 e. The SMILES string of the molecule is C=N/C(=C\c1cc(-c2cccnc2)ccc1C)NC(=O)CN1CCCN(C)CC1. The summed E-state index contributed by atoms with van der Waals surface area (Å²) in [6.07, 6.45) is 6.55. The molecular formula is C23H29N5O. The first kappa shape index (κ1) is 20.9. The third-order valence-electron chi connectivity index (χ3n) is 5.18. The van der Waals surface area contributed by atoms with E-state index >= 15 is 0 Å². The minimum Gasteiger partial charge on any atom is -0.310 e. The van der Waals surface area contributed by atoms with Gasteiger partial charge in [0.15, 0.2) is 0 Å². The Kier molecular flexibility index (Phi) is 7.27. The predicted molar refractivity (Wildman–Crippen MR) is 119 cm³/mol. The van der Waals surface area contributed by atoms with Crippen molar-refractivity contribution in [1.29, 1.82) is 0 Å². The van der Waals surface area contributed by atoms with E-state index in [4.69, 9.17) is 0 Å². The van der Waals surface area contributed by atoms with Crippen molar-refractivity contribution in [2.45, 2.75) is 13.3 Å². The predicted octanol–water partition coefficient (Wildman–Crippen LogP) is 2.81. The van der Waals surface area contributed by atoms with Gasteiger partial charge in [0.25, 0.3) is 0 Å². The van der Waals surface area contributed by atoms with Crippen molar-refractivity contribution in [3.8, 4) is 11.1 Å². The fraction of sp³-hybridized carbons (Fsp3) is 0.348. The maximum atomic E-state index is 12.5. The van der Waals surface area contributed by atoms with Crippen LogP contribution in [0.1, 0.15) is 17.5 Å². The van der Waals surface area contributed by atoms with Crippen molar-refractivity contribution >= 4 is 18.7 Å². The van der Waals surface area contributed by atoms with Gasteiger partial charge in [-0.15, -0.1) is 0 Å². The number of nitrogens with one attached hydrogen (secondary N) is 1. The topological polar surface area (TPSA) is 60.8 Å². The van der Waals surface area contributed by atoms with Crippen LogP contribution in [0, 0.1) is 6.92 Å². The van der Waals surface area contributed by atoms with Gasteiger partial charge in [-0.25, -0.2) is 4.99 Å². The smallest absolute Gasteiger partial charge is 0.239 e. The van der Waals surface area contributed by atoms with Crippen molar-refractivity contribution in [1.82, 2.24) is 20.1 Å². The summed E-state index contributed by atoms with van der Waals surface area (Å²) in [6, 6.07) is 10.2. The molecule has 3 rings (SSSR count). The average Bonchev–Trinajstić information content (AvgIpc) is 2.93. The molecule has 0 bridgehead atoms. The molecule has 1 N–H and O–H groups in total. The van der Waals surface area contributed by atoms with Crippen molar-refractivity contribution in [2.75, 3.05) is 39.8 Å². The van der Waals surface area contributed by atoms with Crippen molar-refractivity contribution < 1.29 is 4.79 Å². The standard InChI is InChI=1S/C23H29N5O/c1-18-7-8-19(20-6-4-9-25-16-20)14-21(18)15-22(24-2)26-23(29)17-28-11-5-10-27(3)12-13-28/h4,6-9,14-16H,2,5,10-13,17H2,1,3H3,(H,26,29)/b22-15+. The van der Waals surface area contributed by atoms with Gasteiger partial charge in [0.1, 0.15) is 5.82 Å². The fourth-order valence-electron chi connectivity index (χ4n) is 3.42. The summed E-state index contributed by atoms with van der Waals surface area (Å²) in [4.78, 5) is 25.2. The molecule has 0 spiro atoms. The van der Waals surface area contributed by atoms with Crippen LogP contribution in [0.25, 0.3) is 17.2 Å². The van der Waals surface area contributed by atoms with Crippen LogP contribution in [0.4, 0.5) is 0 Å². The van der Waals surface area contributed by atoms with Gasteiger partial charge in [-0.1, -0.05) is 18.2 Å². The fourth-order valence-corrected chi connectivity index (χ4v) is 3.42. The van der Waals surface area contributed by atoms with E-state index < -0.39 is 0 Å².